The molecule has 2 aromatic carbocycles. The topological polar surface area (TPSA) is 35.5 Å². The van der Waals surface area contributed by atoms with Crippen LogP contribution in [0.4, 0.5) is 5.69 Å². The van der Waals surface area contributed by atoms with Crippen LogP contribution in [0.3, 0.4) is 0 Å². The summed E-state index contributed by atoms with van der Waals surface area (Å²) in [6.45, 7) is 4.21. The van der Waals surface area contributed by atoms with Crippen LogP contribution in [0.15, 0.2) is 48.5 Å². The van der Waals surface area contributed by atoms with Crippen molar-refractivity contribution >= 4 is 5.69 Å². The molecule has 21 heavy (non-hydrogen) atoms. The highest BCUT2D eigenvalue weighted by molar-refractivity contribution is 5.46. The molecule has 2 aromatic rings. The Kier molecular flexibility index (Phi) is 4.41. The maximum Gasteiger partial charge on any atom is 0.115 e. The van der Waals surface area contributed by atoms with E-state index in [1.54, 1.807) is 12.1 Å². The molecule has 1 saturated heterocycles. The van der Waals surface area contributed by atoms with Gasteiger partial charge in [-0.1, -0.05) is 24.3 Å². The molecule has 0 radical (unpaired) electrons. The zero-order valence-electron chi connectivity index (χ0n) is 12.3. The second-order valence-corrected chi connectivity index (χ2v) is 5.71. The molecule has 1 heterocycles. The van der Waals surface area contributed by atoms with E-state index in [4.69, 9.17) is 0 Å². The molecule has 0 aliphatic carbocycles. The Morgan fingerprint density at radius 3 is 2.52 bits per heavy atom. The summed E-state index contributed by atoms with van der Waals surface area (Å²) in [5.74, 6) is 0.317. The van der Waals surface area contributed by atoms with Crippen molar-refractivity contribution in [2.75, 3.05) is 18.4 Å². The molecule has 0 spiro atoms. The number of anilines is 1. The molecule has 1 aliphatic rings. The van der Waals surface area contributed by atoms with E-state index in [0.717, 1.165) is 24.3 Å². The van der Waals surface area contributed by atoms with Crippen molar-refractivity contribution in [3.05, 3.63) is 59.7 Å². The van der Waals surface area contributed by atoms with E-state index in [-0.39, 0.29) is 0 Å². The summed E-state index contributed by atoms with van der Waals surface area (Å²) >= 11 is 0. The number of aromatic hydroxyl groups is 1. The monoisotopic (exact) mass is 282 g/mol. The van der Waals surface area contributed by atoms with Crippen LogP contribution in [-0.2, 0) is 13.1 Å². The molecule has 2 N–H and O–H groups in total. The molecule has 0 bridgehead atoms. The lowest BCUT2D eigenvalue weighted by molar-refractivity contribution is 0.331. The summed E-state index contributed by atoms with van der Waals surface area (Å²) in [6, 6.07) is 16.0. The second-order valence-electron chi connectivity index (χ2n) is 5.71. The standard InChI is InChI=1S/C18H22N2O/c21-18-8-4-5-15(12-18)13-19-17-7-3-6-16(11-17)14-20-9-1-2-10-20/h3-8,11-12,19,21H,1-2,9-10,13-14H2. The minimum Gasteiger partial charge on any atom is -0.508 e. The summed E-state index contributed by atoms with van der Waals surface area (Å²) in [5, 5.41) is 12.9. The fraction of sp³-hybridized carbons (Fsp3) is 0.333. The normalized spacial score (nSPS) is 15.2. The Morgan fingerprint density at radius 1 is 0.952 bits per heavy atom. The van der Waals surface area contributed by atoms with Gasteiger partial charge in [0, 0.05) is 18.8 Å². The lowest BCUT2D eigenvalue weighted by Crippen LogP contribution is -2.18. The van der Waals surface area contributed by atoms with Gasteiger partial charge < -0.3 is 10.4 Å². The highest BCUT2D eigenvalue weighted by Crippen LogP contribution is 2.17. The van der Waals surface area contributed by atoms with Crippen LogP contribution in [-0.4, -0.2) is 23.1 Å². The first-order chi connectivity index (χ1) is 10.3. The smallest absolute Gasteiger partial charge is 0.115 e. The van der Waals surface area contributed by atoms with Crippen LogP contribution in [0.1, 0.15) is 24.0 Å². The molecule has 3 heteroatoms. The lowest BCUT2D eigenvalue weighted by atomic mass is 10.1. The zero-order valence-corrected chi connectivity index (χ0v) is 12.3. The average molecular weight is 282 g/mol. The van der Waals surface area contributed by atoms with E-state index >= 15 is 0 Å². The van der Waals surface area contributed by atoms with E-state index < -0.39 is 0 Å². The number of rotatable bonds is 5. The third kappa shape index (κ3) is 3.99. The van der Waals surface area contributed by atoms with E-state index in [1.165, 1.54) is 31.5 Å². The quantitative estimate of drug-likeness (QED) is 0.879. The van der Waals surface area contributed by atoms with Crippen LogP contribution in [0, 0.1) is 0 Å². The summed E-state index contributed by atoms with van der Waals surface area (Å²) in [5.41, 5.74) is 3.58. The first kappa shape index (κ1) is 14.0. The van der Waals surface area contributed by atoms with Crippen LogP contribution in [0.25, 0.3) is 0 Å². The summed E-state index contributed by atoms with van der Waals surface area (Å²) in [7, 11) is 0. The average Bonchev–Trinajstić information content (AvgIpc) is 2.99. The molecular formula is C18H22N2O. The van der Waals surface area contributed by atoms with E-state index in [0.29, 0.717) is 5.75 Å². The minimum absolute atomic E-state index is 0.317. The Labute approximate surface area is 126 Å². The molecule has 3 rings (SSSR count). The highest BCUT2D eigenvalue weighted by atomic mass is 16.3. The number of likely N-dealkylation sites (tertiary alicyclic amines) is 1. The van der Waals surface area contributed by atoms with Crippen molar-refractivity contribution in [1.82, 2.24) is 4.90 Å². The Balaban J connectivity index is 1.60. The maximum absolute atomic E-state index is 9.48. The molecule has 1 aliphatic heterocycles. The van der Waals surface area contributed by atoms with E-state index in [1.807, 2.05) is 12.1 Å². The van der Waals surface area contributed by atoms with Gasteiger partial charge in [-0.25, -0.2) is 0 Å². The number of nitrogens with one attached hydrogen (secondary N) is 1. The number of benzene rings is 2. The molecular weight excluding hydrogens is 260 g/mol. The van der Waals surface area contributed by atoms with Crippen LogP contribution < -0.4 is 5.32 Å². The summed E-state index contributed by atoms with van der Waals surface area (Å²) < 4.78 is 0. The number of phenols is 1. The van der Waals surface area contributed by atoms with E-state index in [2.05, 4.69) is 34.5 Å². The summed E-state index contributed by atoms with van der Waals surface area (Å²) in [4.78, 5) is 2.51. The van der Waals surface area contributed by atoms with Crippen molar-refractivity contribution in [2.45, 2.75) is 25.9 Å². The van der Waals surface area contributed by atoms with Gasteiger partial charge in [-0.3, -0.25) is 4.90 Å². The molecule has 0 atom stereocenters. The predicted octanol–water partition coefficient (Wildman–Crippen LogP) is 3.60. The van der Waals surface area contributed by atoms with E-state index in [9.17, 15) is 5.11 Å². The molecule has 0 unspecified atom stereocenters. The van der Waals surface area contributed by atoms with Crippen molar-refractivity contribution in [1.29, 1.82) is 0 Å². The van der Waals surface area contributed by atoms with Gasteiger partial charge in [0.2, 0.25) is 0 Å². The fourth-order valence-corrected chi connectivity index (χ4v) is 2.85. The third-order valence-electron chi connectivity index (χ3n) is 3.94. The van der Waals surface area contributed by atoms with Gasteiger partial charge in [-0.2, -0.15) is 0 Å². The zero-order chi connectivity index (χ0) is 14.5. The highest BCUT2D eigenvalue weighted by Gasteiger charge is 2.11. The molecule has 1 fully saturated rings. The molecule has 0 saturated carbocycles. The number of phenolic OH excluding ortho intramolecular Hbond substituents is 1. The van der Waals surface area contributed by atoms with Crippen LogP contribution >= 0.6 is 0 Å². The van der Waals surface area contributed by atoms with Gasteiger partial charge in [0.15, 0.2) is 0 Å². The first-order valence-electron chi connectivity index (χ1n) is 7.63. The predicted molar refractivity (Wildman–Crippen MR) is 86.4 cm³/mol. The third-order valence-corrected chi connectivity index (χ3v) is 3.94. The Morgan fingerprint density at radius 2 is 1.71 bits per heavy atom. The van der Waals surface area contributed by atoms with Gasteiger partial charge in [0.1, 0.15) is 5.75 Å². The van der Waals surface area contributed by atoms with Crippen molar-refractivity contribution in [3.8, 4) is 5.75 Å². The van der Waals surface area contributed by atoms with Crippen molar-refractivity contribution in [2.24, 2.45) is 0 Å². The Bertz CT molecular complexity index is 591. The molecule has 3 nitrogen and oxygen atoms in total. The maximum atomic E-state index is 9.48. The second kappa shape index (κ2) is 6.64. The SMILES string of the molecule is Oc1cccc(CNc2cccc(CN3CCCC3)c2)c1. The van der Waals surface area contributed by atoms with Gasteiger partial charge >= 0.3 is 0 Å². The van der Waals surface area contributed by atoms with Gasteiger partial charge in [-0.15, -0.1) is 0 Å². The summed E-state index contributed by atoms with van der Waals surface area (Å²) in [6.07, 6.45) is 2.66. The van der Waals surface area contributed by atoms with Gasteiger partial charge in [-0.05, 0) is 61.3 Å². The molecule has 0 aromatic heterocycles. The number of hydrogen-bond acceptors (Lipinski definition) is 3. The van der Waals surface area contributed by atoms with Gasteiger partial charge in [0.05, 0.1) is 0 Å². The largest absolute Gasteiger partial charge is 0.508 e. The first-order valence-corrected chi connectivity index (χ1v) is 7.63. The fourth-order valence-electron chi connectivity index (χ4n) is 2.85. The number of nitrogens with zero attached hydrogens (tertiary/aromatic N) is 1. The van der Waals surface area contributed by atoms with Crippen molar-refractivity contribution in [3.63, 3.8) is 0 Å². The number of hydrogen-bond donors (Lipinski definition) is 2. The Hall–Kier alpha value is -2.00. The van der Waals surface area contributed by atoms with Crippen molar-refractivity contribution < 1.29 is 5.11 Å². The lowest BCUT2D eigenvalue weighted by Gasteiger charge is -2.15. The van der Waals surface area contributed by atoms with Crippen LogP contribution in [0.2, 0.25) is 0 Å². The molecule has 0 amide bonds. The van der Waals surface area contributed by atoms with Crippen LogP contribution in [0.5, 0.6) is 5.75 Å². The van der Waals surface area contributed by atoms with Gasteiger partial charge in [0.25, 0.3) is 0 Å². The molecule has 110 valence electrons. The minimum atomic E-state index is 0.317.